The zero-order chi connectivity index (χ0) is 15.2. The van der Waals surface area contributed by atoms with E-state index < -0.39 is 5.82 Å². The summed E-state index contributed by atoms with van der Waals surface area (Å²) in [6, 6.07) is 12.5. The molecule has 0 spiro atoms. The smallest absolute Gasteiger partial charge is 0.255 e. The van der Waals surface area contributed by atoms with Crippen molar-refractivity contribution in [2.24, 2.45) is 0 Å². The number of hydrogen-bond donors (Lipinski definition) is 1. The lowest BCUT2D eigenvalue weighted by atomic mass is 10.2. The number of ether oxygens (including phenoxy) is 1. The average Bonchev–Trinajstić information content (AvgIpc) is 2.46. The first-order valence-corrected chi connectivity index (χ1v) is 6.49. The minimum Gasteiger partial charge on any atom is -0.489 e. The zero-order valence-corrected chi connectivity index (χ0v) is 11.7. The van der Waals surface area contributed by atoms with Gasteiger partial charge in [0.2, 0.25) is 0 Å². The number of benzene rings is 2. The lowest BCUT2D eigenvalue weighted by Gasteiger charge is -2.08. The quantitative estimate of drug-likeness (QED) is 0.842. The van der Waals surface area contributed by atoms with Gasteiger partial charge < -0.3 is 10.1 Å². The van der Waals surface area contributed by atoms with Crippen LogP contribution < -0.4 is 10.1 Å². The summed E-state index contributed by atoms with van der Waals surface area (Å²) in [4.78, 5) is 11.9. The van der Waals surface area contributed by atoms with Crippen molar-refractivity contribution in [2.75, 3.05) is 11.9 Å². The second-order valence-corrected chi connectivity index (χ2v) is 4.73. The molecule has 1 N–H and O–H groups in total. The van der Waals surface area contributed by atoms with Gasteiger partial charge in [-0.2, -0.15) is 0 Å². The van der Waals surface area contributed by atoms with Crippen molar-refractivity contribution in [1.82, 2.24) is 0 Å². The maximum absolute atomic E-state index is 13.1. The average molecular weight is 285 g/mol. The second-order valence-electron chi connectivity index (χ2n) is 4.73. The van der Waals surface area contributed by atoms with Gasteiger partial charge >= 0.3 is 0 Å². The highest BCUT2D eigenvalue weighted by Crippen LogP contribution is 2.17. The number of halogens is 1. The molecular weight excluding hydrogens is 269 g/mol. The highest BCUT2D eigenvalue weighted by Gasteiger charge is 2.06. The van der Waals surface area contributed by atoms with Crippen LogP contribution in [0.2, 0.25) is 0 Å². The number of carbonyl (C=O) groups is 1. The predicted molar refractivity (Wildman–Crippen MR) is 81.1 cm³/mol. The molecule has 3 nitrogen and oxygen atoms in total. The molecule has 0 heterocycles. The Bertz CT molecular complexity index is 650. The standard InChI is InChI=1S/C17H16FNO2/c1-12(2)11-21-16-8-6-15(7-9-16)19-17(20)13-4-3-5-14(18)10-13/h3-10H,1,11H2,2H3,(H,19,20). The molecule has 0 aliphatic carbocycles. The molecule has 0 aliphatic heterocycles. The van der Waals surface area contributed by atoms with Crippen molar-refractivity contribution < 1.29 is 13.9 Å². The van der Waals surface area contributed by atoms with Crippen LogP contribution in [0.4, 0.5) is 10.1 Å². The maximum atomic E-state index is 13.1. The van der Waals surface area contributed by atoms with Gasteiger partial charge in [0.05, 0.1) is 0 Å². The number of carbonyl (C=O) groups excluding carboxylic acids is 1. The summed E-state index contributed by atoms with van der Waals surface area (Å²) in [6.07, 6.45) is 0. The van der Waals surface area contributed by atoms with E-state index >= 15 is 0 Å². The second kappa shape index (κ2) is 6.70. The number of amides is 1. The Hall–Kier alpha value is -2.62. The van der Waals surface area contributed by atoms with E-state index in [2.05, 4.69) is 11.9 Å². The molecule has 2 rings (SSSR count). The zero-order valence-electron chi connectivity index (χ0n) is 11.7. The summed E-state index contributed by atoms with van der Waals surface area (Å²) in [7, 11) is 0. The fourth-order valence-electron chi connectivity index (χ4n) is 1.67. The number of anilines is 1. The molecular formula is C17H16FNO2. The van der Waals surface area contributed by atoms with Gasteiger partial charge in [-0.25, -0.2) is 4.39 Å². The SMILES string of the molecule is C=C(C)COc1ccc(NC(=O)c2cccc(F)c2)cc1. The molecule has 0 aromatic heterocycles. The van der Waals surface area contributed by atoms with Gasteiger partial charge in [0, 0.05) is 11.3 Å². The van der Waals surface area contributed by atoms with E-state index in [4.69, 9.17) is 4.74 Å². The third-order valence-corrected chi connectivity index (χ3v) is 2.68. The van der Waals surface area contributed by atoms with Crippen molar-refractivity contribution in [3.05, 3.63) is 72.1 Å². The van der Waals surface area contributed by atoms with Gasteiger partial charge in [0.1, 0.15) is 18.2 Å². The molecule has 108 valence electrons. The van der Waals surface area contributed by atoms with Crippen molar-refractivity contribution in [3.8, 4) is 5.75 Å². The molecule has 0 unspecified atom stereocenters. The number of rotatable bonds is 5. The summed E-state index contributed by atoms with van der Waals surface area (Å²) < 4.78 is 18.5. The van der Waals surface area contributed by atoms with Crippen molar-refractivity contribution in [1.29, 1.82) is 0 Å². The largest absolute Gasteiger partial charge is 0.489 e. The highest BCUT2D eigenvalue weighted by molar-refractivity contribution is 6.04. The van der Waals surface area contributed by atoms with Crippen LogP contribution in [0.15, 0.2) is 60.7 Å². The molecule has 4 heteroatoms. The lowest BCUT2D eigenvalue weighted by Crippen LogP contribution is -2.11. The van der Waals surface area contributed by atoms with E-state index in [1.165, 1.54) is 18.2 Å². The normalized spacial score (nSPS) is 10.0. The Balaban J connectivity index is 2.00. The molecule has 0 atom stereocenters. The topological polar surface area (TPSA) is 38.3 Å². The third kappa shape index (κ3) is 4.45. The van der Waals surface area contributed by atoms with E-state index in [9.17, 15) is 9.18 Å². The first-order chi connectivity index (χ1) is 10.0. The van der Waals surface area contributed by atoms with Gasteiger partial charge in [-0.3, -0.25) is 4.79 Å². The first-order valence-electron chi connectivity index (χ1n) is 6.49. The van der Waals surface area contributed by atoms with Crippen LogP contribution >= 0.6 is 0 Å². The monoisotopic (exact) mass is 285 g/mol. The van der Waals surface area contributed by atoms with Crippen LogP contribution in [0.1, 0.15) is 17.3 Å². The van der Waals surface area contributed by atoms with Crippen molar-refractivity contribution in [3.63, 3.8) is 0 Å². The van der Waals surface area contributed by atoms with Crippen molar-refractivity contribution in [2.45, 2.75) is 6.92 Å². The lowest BCUT2D eigenvalue weighted by molar-refractivity contribution is 0.102. The van der Waals surface area contributed by atoms with Crippen LogP contribution in [0, 0.1) is 5.82 Å². The van der Waals surface area contributed by atoms with E-state index in [0.717, 1.165) is 5.57 Å². The molecule has 0 radical (unpaired) electrons. The van der Waals surface area contributed by atoms with Gasteiger partial charge in [0.15, 0.2) is 0 Å². The summed E-state index contributed by atoms with van der Waals surface area (Å²) in [5.74, 6) is -0.0990. The number of nitrogens with one attached hydrogen (secondary N) is 1. The number of hydrogen-bond acceptors (Lipinski definition) is 2. The Morgan fingerprint density at radius 1 is 1.24 bits per heavy atom. The maximum Gasteiger partial charge on any atom is 0.255 e. The van der Waals surface area contributed by atoms with Gasteiger partial charge in [-0.1, -0.05) is 12.6 Å². The molecule has 1 amide bonds. The van der Waals surface area contributed by atoms with E-state index in [1.54, 1.807) is 30.3 Å². The van der Waals surface area contributed by atoms with Crippen LogP contribution in [0.25, 0.3) is 0 Å². The molecule has 2 aromatic carbocycles. The Labute approximate surface area is 123 Å². The van der Waals surface area contributed by atoms with E-state index in [0.29, 0.717) is 18.0 Å². The van der Waals surface area contributed by atoms with Crippen LogP contribution in [-0.2, 0) is 0 Å². The molecule has 2 aromatic rings. The summed E-state index contributed by atoms with van der Waals surface area (Å²) in [5, 5.41) is 2.70. The fraction of sp³-hybridized carbons (Fsp3) is 0.118. The predicted octanol–water partition coefficient (Wildman–Crippen LogP) is 4.03. The Kier molecular flexibility index (Phi) is 4.72. The van der Waals surface area contributed by atoms with Crippen LogP contribution in [0.5, 0.6) is 5.75 Å². The minimum atomic E-state index is -0.439. The molecule has 0 aliphatic rings. The molecule has 21 heavy (non-hydrogen) atoms. The Morgan fingerprint density at radius 2 is 1.95 bits per heavy atom. The molecule has 0 saturated carbocycles. The summed E-state index contributed by atoms with van der Waals surface area (Å²) >= 11 is 0. The fourth-order valence-corrected chi connectivity index (χ4v) is 1.67. The summed E-state index contributed by atoms with van der Waals surface area (Å²) in [5.41, 5.74) is 1.82. The van der Waals surface area contributed by atoms with Crippen LogP contribution in [-0.4, -0.2) is 12.5 Å². The first kappa shape index (κ1) is 14.8. The van der Waals surface area contributed by atoms with Gasteiger partial charge in [-0.15, -0.1) is 0 Å². The third-order valence-electron chi connectivity index (χ3n) is 2.68. The van der Waals surface area contributed by atoms with Gasteiger partial charge in [-0.05, 0) is 55.0 Å². The summed E-state index contributed by atoms with van der Waals surface area (Å²) in [6.45, 7) is 6.09. The molecule has 0 bridgehead atoms. The minimum absolute atomic E-state index is 0.276. The van der Waals surface area contributed by atoms with E-state index in [-0.39, 0.29) is 11.5 Å². The molecule has 0 saturated heterocycles. The highest BCUT2D eigenvalue weighted by atomic mass is 19.1. The molecule has 0 fully saturated rings. The Morgan fingerprint density at radius 3 is 2.57 bits per heavy atom. The van der Waals surface area contributed by atoms with E-state index in [1.807, 2.05) is 6.92 Å². The van der Waals surface area contributed by atoms with Crippen LogP contribution in [0.3, 0.4) is 0 Å². The van der Waals surface area contributed by atoms with Crippen molar-refractivity contribution >= 4 is 11.6 Å². The van der Waals surface area contributed by atoms with Gasteiger partial charge in [0.25, 0.3) is 5.91 Å².